The summed E-state index contributed by atoms with van der Waals surface area (Å²) in [5, 5.41) is 0. The second-order valence-electron chi connectivity index (χ2n) is 5.01. The van der Waals surface area contributed by atoms with E-state index in [9.17, 15) is 0 Å². The summed E-state index contributed by atoms with van der Waals surface area (Å²) in [4.78, 5) is 0. The molecule has 0 radical (unpaired) electrons. The van der Waals surface area contributed by atoms with Gasteiger partial charge in [0.1, 0.15) is 0 Å². The molecule has 0 saturated carbocycles. The Morgan fingerprint density at radius 2 is 1.27 bits per heavy atom. The first-order chi connectivity index (χ1) is 10.7. The fourth-order valence-electron chi connectivity index (χ4n) is 2.01. The molecule has 0 atom stereocenters. The molecular formula is C22H32. The zero-order chi connectivity index (χ0) is 17.0. The lowest BCUT2D eigenvalue weighted by Crippen LogP contribution is -1.86. The van der Waals surface area contributed by atoms with Crippen molar-refractivity contribution >= 4 is 11.6 Å². The number of hydrogen-bond donors (Lipinski definition) is 0. The Kier molecular flexibility index (Phi) is 10.8. The molecule has 0 bridgehead atoms. The third-order valence-corrected chi connectivity index (χ3v) is 3.22. The van der Waals surface area contributed by atoms with Gasteiger partial charge in [-0.3, -0.25) is 0 Å². The molecule has 0 fully saturated rings. The normalized spacial score (nSPS) is 10.3. The van der Waals surface area contributed by atoms with Crippen molar-refractivity contribution in [3.05, 3.63) is 71.3 Å². The van der Waals surface area contributed by atoms with E-state index in [4.69, 9.17) is 0 Å². The van der Waals surface area contributed by atoms with Crippen LogP contribution in [0.1, 0.15) is 71.1 Å². The minimum Gasteiger partial charge on any atom is -0.0683 e. The highest BCUT2D eigenvalue weighted by atomic mass is 14.0. The predicted molar refractivity (Wildman–Crippen MR) is 103 cm³/mol. The highest BCUT2D eigenvalue weighted by Crippen LogP contribution is 2.19. The van der Waals surface area contributed by atoms with Crippen molar-refractivity contribution in [3.63, 3.8) is 0 Å². The van der Waals surface area contributed by atoms with Gasteiger partial charge < -0.3 is 0 Å². The zero-order valence-corrected chi connectivity index (χ0v) is 15.4. The Labute approximate surface area is 137 Å². The highest BCUT2D eigenvalue weighted by Gasteiger charge is 1.98. The maximum Gasteiger partial charge on any atom is -0.0219 e. The topological polar surface area (TPSA) is 0 Å². The molecule has 22 heavy (non-hydrogen) atoms. The molecule has 0 nitrogen and oxygen atoms in total. The van der Waals surface area contributed by atoms with Gasteiger partial charge in [-0.05, 0) is 35.1 Å². The third kappa shape index (κ3) is 6.76. The van der Waals surface area contributed by atoms with E-state index in [2.05, 4.69) is 75.4 Å². The smallest absolute Gasteiger partial charge is 0.0219 e. The van der Waals surface area contributed by atoms with Gasteiger partial charge in [-0.2, -0.15) is 0 Å². The van der Waals surface area contributed by atoms with Gasteiger partial charge in [0, 0.05) is 0 Å². The maximum absolute atomic E-state index is 2.24. The maximum atomic E-state index is 2.24. The van der Waals surface area contributed by atoms with Gasteiger partial charge in [0.15, 0.2) is 0 Å². The Morgan fingerprint density at radius 3 is 1.73 bits per heavy atom. The van der Waals surface area contributed by atoms with Gasteiger partial charge in [0.25, 0.3) is 0 Å². The summed E-state index contributed by atoms with van der Waals surface area (Å²) in [5.41, 5.74) is 5.24. The predicted octanol–water partition coefficient (Wildman–Crippen LogP) is 7.42. The summed E-state index contributed by atoms with van der Waals surface area (Å²) in [6.07, 6.45) is 2.24. The number of benzene rings is 2. The molecule has 0 aliphatic heterocycles. The van der Waals surface area contributed by atoms with Crippen molar-refractivity contribution in [2.75, 3.05) is 0 Å². The number of allylic oxidation sites excluding steroid dienone is 1. The van der Waals surface area contributed by atoms with Crippen LogP contribution in [-0.4, -0.2) is 0 Å². The first-order valence-electron chi connectivity index (χ1n) is 8.50. The molecule has 2 aromatic rings. The fourth-order valence-corrected chi connectivity index (χ4v) is 2.01. The summed E-state index contributed by atoms with van der Waals surface area (Å²) < 4.78 is 0. The lowest BCUT2D eigenvalue weighted by Gasteiger charge is -2.06. The Hall–Kier alpha value is -1.82. The van der Waals surface area contributed by atoms with Gasteiger partial charge >= 0.3 is 0 Å². The average Bonchev–Trinajstić information content (AvgIpc) is 2.59. The van der Waals surface area contributed by atoms with Gasteiger partial charge in [0.05, 0.1) is 0 Å². The monoisotopic (exact) mass is 296 g/mol. The number of hydrogen-bond acceptors (Lipinski definition) is 0. The highest BCUT2D eigenvalue weighted by molar-refractivity contribution is 5.80. The SMILES string of the molecule is C/C(=C\c1ccc(C(C)C)cc1)c1ccccc1.CC.CC. The largest absolute Gasteiger partial charge is 0.0683 e. The summed E-state index contributed by atoms with van der Waals surface area (Å²) >= 11 is 0. The van der Waals surface area contributed by atoms with E-state index < -0.39 is 0 Å². The van der Waals surface area contributed by atoms with Gasteiger partial charge in [-0.1, -0.05) is 102 Å². The molecule has 0 amide bonds. The van der Waals surface area contributed by atoms with Crippen LogP contribution in [0.15, 0.2) is 54.6 Å². The fraction of sp³-hybridized carbons (Fsp3) is 0.364. The van der Waals surface area contributed by atoms with Crippen LogP contribution in [0.3, 0.4) is 0 Å². The standard InChI is InChI=1S/C18H20.2C2H6/c1-14(2)17-11-9-16(10-12-17)13-15(3)18-7-5-4-6-8-18;2*1-2/h4-14H,1-3H3;2*1-2H3/b15-13+;;. The molecule has 0 unspecified atom stereocenters. The van der Waals surface area contributed by atoms with Crippen molar-refractivity contribution in [3.8, 4) is 0 Å². The van der Waals surface area contributed by atoms with Crippen LogP contribution in [-0.2, 0) is 0 Å². The van der Waals surface area contributed by atoms with Gasteiger partial charge in [-0.25, -0.2) is 0 Å². The summed E-state index contributed by atoms with van der Waals surface area (Å²) in [5.74, 6) is 0.596. The van der Waals surface area contributed by atoms with Gasteiger partial charge in [-0.15, -0.1) is 0 Å². The molecule has 2 rings (SSSR count). The van der Waals surface area contributed by atoms with Crippen LogP contribution in [0.4, 0.5) is 0 Å². The van der Waals surface area contributed by atoms with E-state index in [-0.39, 0.29) is 0 Å². The van der Waals surface area contributed by atoms with E-state index in [1.165, 1.54) is 22.3 Å². The lowest BCUT2D eigenvalue weighted by atomic mass is 10.00. The molecule has 0 saturated heterocycles. The van der Waals surface area contributed by atoms with Crippen LogP contribution in [0, 0.1) is 0 Å². The van der Waals surface area contributed by atoms with Crippen molar-refractivity contribution < 1.29 is 0 Å². The van der Waals surface area contributed by atoms with Gasteiger partial charge in [0.2, 0.25) is 0 Å². The van der Waals surface area contributed by atoms with Crippen molar-refractivity contribution in [1.29, 1.82) is 0 Å². The molecule has 0 heterocycles. The van der Waals surface area contributed by atoms with Crippen molar-refractivity contribution in [2.24, 2.45) is 0 Å². The third-order valence-electron chi connectivity index (χ3n) is 3.22. The Bertz CT molecular complexity index is 516. The first kappa shape index (κ1) is 20.2. The van der Waals surface area contributed by atoms with E-state index in [1.807, 2.05) is 33.8 Å². The quantitative estimate of drug-likeness (QED) is 0.517. The van der Waals surface area contributed by atoms with Crippen LogP contribution in [0.5, 0.6) is 0 Å². The van der Waals surface area contributed by atoms with Crippen LogP contribution in [0.25, 0.3) is 11.6 Å². The first-order valence-corrected chi connectivity index (χ1v) is 8.50. The minimum absolute atomic E-state index is 0.596. The minimum atomic E-state index is 0.596. The van der Waals surface area contributed by atoms with Crippen LogP contribution in [0.2, 0.25) is 0 Å². The molecule has 120 valence electrons. The summed E-state index contributed by atoms with van der Waals surface area (Å²) in [7, 11) is 0. The van der Waals surface area contributed by atoms with E-state index in [0.717, 1.165) is 0 Å². The lowest BCUT2D eigenvalue weighted by molar-refractivity contribution is 0.866. The molecule has 0 N–H and O–H groups in total. The Balaban J connectivity index is 0.00000102. The molecule has 0 spiro atoms. The molecular weight excluding hydrogens is 264 g/mol. The second kappa shape index (κ2) is 11.8. The summed E-state index contributed by atoms with van der Waals surface area (Å²) in [6, 6.07) is 19.3. The van der Waals surface area contributed by atoms with Crippen LogP contribution >= 0.6 is 0 Å². The molecule has 2 aromatic carbocycles. The molecule has 0 aromatic heterocycles. The van der Waals surface area contributed by atoms with E-state index >= 15 is 0 Å². The molecule has 0 aliphatic rings. The molecule has 0 heteroatoms. The average molecular weight is 296 g/mol. The van der Waals surface area contributed by atoms with Crippen molar-refractivity contribution in [2.45, 2.75) is 54.4 Å². The van der Waals surface area contributed by atoms with E-state index in [0.29, 0.717) is 5.92 Å². The molecule has 0 aliphatic carbocycles. The van der Waals surface area contributed by atoms with Crippen molar-refractivity contribution in [1.82, 2.24) is 0 Å². The Morgan fingerprint density at radius 1 is 0.773 bits per heavy atom. The number of rotatable bonds is 3. The van der Waals surface area contributed by atoms with Crippen LogP contribution < -0.4 is 0 Å². The second-order valence-corrected chi connectivity index (χ2v) is 5.01. The summed E-state index contributed by atoms with van der Waals surface area (Å²) in [6.45, 7) is 14.6. The van der Waals surface area contributed by atoms with E-state index in [1.54, 1.807) is 0 Å². The zero-order valence-electron chi connectivity index (χ0n) is 15.4.